The largest absolute Gasteiger partial charge is 0.372 e. The molecule has 162 valence electrons. The van der Waals surface area contributed by atoms with E-state index in [4.69, 9.17) is 0 Å². The number of anilines is 3. The zero-order chi connectivity index (χ0) is 21.4. The second-order valence-electron chi connectivity index (χ2n) is 7.89. The average Bonchev–Trinajstić information content (AvgIpc) is 3.23. The van der Waals surface area contributed by atoms with Crippen molar-refractivity contribution in [2.75, 3.05) is 39.3 Å². The summed E-state index contributed by atoms with van der Waals surface area (Å²) in [6.07, 6.45) is 3.75. The van der Waals surface area contributed by atoms with Crippen LogP contribution in [0.1, 0.15) is 31.2 Å². The van der Waals surface area contributed by atoms with Crippen LogP contribution < -0.4 is 13.9 Å². The van der Waals surface area contributed by atoms with Crippen LogP contribution in [0.3, 0.4) is 0 Å². The number of hydrogen-bond acceptors (Lipinski definition) is 5. The van der Waals surface area contributed by atoms with Crippen LogP contribution in [0.25, 0.3) is 0 Å². The van der Waals surface area contributed by atoms with Gasteiger partial charge in [0.05, 0.1) is 16.3 Å². The number of sulfonamides is 2. The van der Waals surface area contributed by atoms with Crippen molar-refractivity contribution in [2.24, 2.45) is 0 Å². The molecule has 0 bridgehead atoms. The van der Waals surface area contributed by atoms with Gasteiger partial charge in [-0.2, -0.15) is 0 Å². The van der Waals surface area contributed by atoms with Crippen molar-refractivity contribution < 1.29 is 16.8 Å². The lowest BCUT2D eigenvalue weighted by atomic mass is 10.2. The Labute approximate surface area is 178 Å². The Hall–Kier alpha value is -2.26. The van der Waals surface area contributed by atoms with Crippen LogP contribution in [0.2, 0.25) is 0 Å². The lowest BCUT2D eigenvalue weighted by molar-refractivity contribution is 0.574. The monoisotopic (exact) mass is 449 g/mol. The molecule has 2 fully saturated rings. The smallest absolute Gasteiger partial charge is 0.262 e. The molecule has 7 nitrogen and oxygen atoms in total. The zero-order valence-corrected chi connectivity index (χ0v) is 18.7. The Morgan fingerprint density at radius 2 is 1.50 bits per heavy atom. The standard InChI is InChI=1S/C21H27N3O4S2/c1-17-6-9-20(24-14-4-5-15-29(24,25)26)16-21(17)30(27,28)22-18-7-10-19(11-8-18)23-12-2-3-13-23/h6-11,16,22H,2-5,12-15H2,1H3. The molecule has 0 saturated carbocycles. The lowest BCUT2D eigenvalue weighted by Crippen LogP contribution is -2.38. The minimum Gasteiger partial charge on any atom is -0.372 e. The number of rotatable bonds is 5. The molecule has 2 aliphatic heterocycles. The first-order valence-electron chi connectivity index (χ1n) is 10.3. The molecule has 0 aliphatic carbocycles. The highest BCUT2D eigenvalue weighted by molar-refractivity contribution is 7.93. The first kappa shape index (κ1) is 21.0. The molecule has 0 aromatic heterocycles. The van der Waals surface area contributed by atoms with E-state index in [1.807, 2.05) is 12.1 Å². The molecule has 30 heavy (non-hydrogen) atoms. The number of benzene rings is 2. The van der Waals surface area contributed by atoms with Gasteiger partial charge in [-0.15, -0.1) is 0 Å². The van der Waals surface area contributed by atoms with Gasteiger partial charge in [0.2, 0.25) is 10.0 Å². The third-order valence-corrected chi connectivity index (χ3v) is 9.08. The number of hydrogen-bond donors (Lipinski definition) is 1. The average molecular weight is 450 g/mol. The van der Waals surface area contributed by atoms with E-state index < -0.39 is 20.0 Å². The number of nitrogens with zero attached hydrogens (tertiary/aromatic N) is 2. The van der Waals surface area contributed by atoms with Gasteiger partial charge in [-0.25, -0.2) is 16.8 Å². The molecular formula is C21H27N3O4S2. The fourth-order valence-electron chi connectivity index (χ4n) is 4.04. The molecular weight excluding hydrogens is 422 g/mol. The van der Waals surface area contributed by atoms with E-state index in [-0.39, 0.29) is 10.6 Å². The molecule has 2 saturated heterocycles. The van der Waals surface area contributed by atoms with Crippen LogP contribution in [0.15, 0.2) is 47.4 Å². The van der Waals surface area contributed by atoms with Gasteiger partial charge in [-0.1, -0.05) is 6.07 Å². The summed E-state index contributed by atoms with van der Waals surface area (Å²) in [7, 11) is -7.27. The summed E-state index contributed by atoms with van der Waals surface area (Å²) in [6, 6.07) is 12.2. The van der Waals surface area contributed by atoms with E-state index in [1.54, 1.807) is 31.2 Å². The highest BCUT2D eigenvalue weighted by Gasteiger charge is 2.28. The third kappa shape index (κ3) is 4.27. The van der Waals surface area contributed by atoms with Crippen molar-refractivity contribution in [2.45, 2.75) is 37.5 Å². The lowest BCUT2D eigenvalue weighted by Gasteiger charge is -2.28. The number of nitrogens with one attached hydrogen (secondary N) is 1. The minimum atomic E-state index is -3.86. The van der Waals surface area contributed by atoms with E-state index in [2.05, 4.69) is 9.62 Å². The highest BCUT2D eigenvalue weighted by Crippen LogP contribution is 2.29. The molecule has 0 atom stereocenters. The van der Waals surface area contributed by atoms with E-state index in [0.717, 1.165) is 25.2 Å². The molecule has 2 heterocycles. The first-order chi connectivity index (χ1) is 14.3. The summed E-state index contributed by atoms with van der Waals surface area (Å²) in [6.45, 7) is 4.13. The molecule has 0 spiro atoms. The fourth-order valence-corrected chi connectivity index (χ4v) is 6.99. The second kappa shape index (κ2) is 8.11. The van der Waals surface area contributed by atoms with Crippen molar-refractivity contribution in [1.82, 2.24) is 0 Å². The molecule has 2 aliphatic rings. The van der Waals surface area contributed by atoms with Gasteiger partial charge in [-0.3, -0.25) is 9.03 Å². The quantitative estimate of drug-likeness (QED) is 0.757. The molecule has 0 amide bonds. The molecule has 0 unspecified atom stereocenters. The molecule has 2 aromatic carbocycles. The topological polar surface area (TPSA) is 86.8 Å². The Kier molecular flexibility index (Phi) is 5.67. The van der Waals surface area contributed by atoms with Crippen LogP contribution >= 0.6 is 0 Å². The van der Waals surface area contributed by atoms with Gasteiger partial charge in [0, 0.05) is 31.0 Å². The fraction of sp³-hybridized carbons (Fsp3) is 0.429. The minimum absolute atomic E-state index is 0.0874. The normalized spacial score (nSPS) is 19.1. The Morgan fingerprint density at radius 3 is 2.17 bits per heavy atom. The maximum atomic E-state index is 13.1. The SMILES string of the molecule is Cc1ccc(N2CCCCS2(=O)=O)cc1S(=O)(=O)Nc1ccc(N2CCCC2)cc1. The van der Waals surface area contributed by atoms with Crippen LogP contribution in [-0.4, -0.2) is 42.2 Å². The Balaban J connectivity index is 1.59. The number of aryl methyl sites for hydroxylation is 1. The summed E-state index contributed by atoms with van der Waals surface area (Å²) >= 11 is 0. The Morgan fingerprint density at radius 1 is 0.867 bits per heavy atom. The molecule has 4 rings (SSSR count). The van der Waals surface area contributed by atoms with Gasteiger partial charge in [-0.05, 0) is 74.6 Å². The molecule has 0 radical (unpaired) electrons. The van der Waals surface area contributed by atoms with Crippen LogP contribution in [-0.2, 0) is 20.0 Å². The molecule has 2 aromatic rings. The van der Waals surface area contributed by atoms with E-state index in [0.29, 0.717) is 29.9 Å². The van der Waals surface area contributed by atoms with Crippen molar-refractivity contribution >= 4 is 37.1 Å². The van der Waals surface area contributed by atoms with Gasteiger partial charge < -0.3 is 4.90 Å². The predicted octanol–water partition coefficient (Wildman–Crippen LogP) is 3.33. The van der Waals surface area contributed by atoms with E-state index in [9.17, 15) is 16.8 Å². The molecule has 1 N–H and O–H groups in total. The second-order valence-corrected chi connectivity index (χ2v) is 11.6. The zero-order valence-electron chi connectivity index (χ0n) is 17.0. The summed E-state index contributed by atoms with van der Waals surface area (Å²) in [5.41, 5.74) is 2.52. The maximum Gasteiger partial charge on any atom is 0.262 e. The van der Waals surface area contributed by atoms with Gasteiger partial charge in [0.15, 0.2) is 0 Å². The predicted molar refractivity (Wildman–Crippen MR) is 120 cm³/mol. The van der Waals surface area contributed by atoms with Crippen LogP contribution in [0.5, 0.6) is 0 Å². The van der Waals surface area contributed by atoms with Crippen molar-refractivity contribution in [1.29, 1.82) is 0 Å². The molecule has 9 heteroatoms. The third-order valence-electron chi connectivity index (χ3n) is 5.69. The van der Waals surface area contributed by atoms with Gasteiger partial charge in [0.25, 0.3) is 10.0 Å². The van der Waals surface area contributed by atoms with Crippen molar-refractivity contribution in [3.63, 3.8) is 0 Å². The van der Waals surface area contributed by atoms with E-state index in [1.165, 1.54) is 23.2 Å². The highest BCUT2D eigenvalue weighted by atomic mass is 32.2. The van der Waals surface area contributed by atoms with Crippen molar-refractivity contribution in [3.05, 3.63) is 48.0 Å². The first-order valence-corrected chi connectivity index (χ1v) is 13.3. The maximum absolute atomic E-state index is 13.1. The van der Waals surface area contributed by atoms with Gasteiger partial charge >= 0.3 is 0 Å². The van der Waals surface area contributed by atoms with E-state index >= 15 is 0 Å². The summed E-state index contributed by atoms with van der Waals surface area (Å²) < 4.78 is 54.9. The van der Waals surface area contributed by atoms with Crippen LogP contribution in [0.4, 0.5) is 17.1 Å². The summed E-state index contributed by atoms with van der Waals surface area (Å²) in [5.74, 6) is 0.0879. The summed E-state index contributed by atoms with van der Waals surface area (Å²) in [4.78, 5) is 2.37. The van der Waals surface area contributed by atoms with Crippen molar-refractivity contribution in [3.8, 4) is 0 Å². The van der Waals surface area contributed by atoms with Crippen LogP contribution in [0, 0.1) is 6.92 Å². The Bertz CT molecular complexity index is 1120. The van der Waals surface area contributed by atoms with Gasteiger partial charge in [0.1, 0.15) is 0 Å². The summed E-state index contributed by atoms with van der Waals surface area (Å²) in [5, 5.41) is 0.